The molecule has 0 aliphatic rings. The number of benzene rings is 2. The van der Waals surface area contributed by atoms with Crippen LogP contribution in [0.1, 0.15) is 24.1 Å². The second kappa shape index (κ2) is 5.29. The summed E-state index contributed by atoms with van der Waals surface area (Å²) in [7, 11) is 0. The third-order valence-corrected chi connectivity index (χ3v) is 4.61. The minimum absolute atomic E-state index is 0.00402. The summed E-state index contributed by atoms with van der Waals surface area (Å²) in [4.78, 5) is 4.36. The van der Waals surface area contributed by atoms with Gasteiger partial charge in [-0.25, -0.2) is 9.37 Å². The molecule has 0 spiro atoms. The summed E-state index contributed by atoms with van der Waals surface area (Å²) < 4.78 is 16.3. The average Bonchev–Trinajstić information content (AvgIpc) is 2.74. The zero-order valence-electron chi connectivity index (χ0n) is 11.8. The van der Waals surface area contributed by atoms with Gasteiger partial charge in [-0.3, -0.25) is 0 Å². The van der Waals surface area contributed by atoms with Crippen molar-refractivity contribution < 1.29 is 4.39 Å². The molecule has 0 aliphatic carbocycles. The Kier molecular flexibility index (Phi) is 3.61. The molecule has 1 aromatic heterocycles. The van der Waals surface area contributed by atoms with E-state index in [0.29, 0.717) is 9.52 Å². The number of aromatic nitrogens is 2. The molecule has 1 unspecified atom stereocenters. The summed E-state index contributed by atoms with van der Waals surface area (Å²) in [5, 5.41) is 0. The SMILES string of the molecule is Cc1ccccc1C(C)n1c(N)nc2cc(I)c(F)cc21. The van der Waals surface area contributed by atoms with Crippen molar-refractivity contribution in [3.8, 4) is 0 Å². The van der Waals surface area contributed by atoms with Gasteiger partial charge in [0.15, 0.2) is 0 Å². The molecule has 3 rings (SSSR count). The third-order valence-electron chi connectivity index (χ3n) is 3.78. The largest absolute Gasteiger partial charge is 0.369 e. The van der Waals surface area contributed by atoms with E-state index < -0.39 is 0 Å². The number of imidazole rings is 1. The number of aryl methyl sites for hydroxylation is 1. The molecule has 0 bridgehead atoms. The number of nitrogens with zero attached hydrogens (tertiary/aromatic N) is 2. The van der Waals surface area contributed by atoms with Crippen molar-refractivity contribution >= 4 is 39.6 Å². The van der Waals surface area contributed by atoms with Gasteiger partial charge in [0.25, 0.3) is 0 Å². The van der Waals surface area contributed by atoms with Gasteiger partial charge >= 0.3 is 0 Å². The molecular weight excluding hydrogens is 380 g/mol. The summed E-state index contributed by atoms with van der Waals surface area (Å²) in [5.74, 6) is 0.156. The first-order valence-electron chi connectivity index (χ1n) is 6.67. The highest BCUT2D eigenvalue weighted by atomic mass is 127. The number of hydrogen-bond acceptors (Lipinski definition) is 2. The maximum atomic E-state index is 13.9. The lowest BCUT2D eigenvalue weighted by Gasteiger charge is -2.18. The number of nitrogens with two attached hydrogens (primary N) is 1. The Balaban J connectivity index is 2.22. The monoisotopic (exact) mass is 395 g/mol. The van der Waals surface area contributed by atoms with Crippen molar-refractivity contribution in [1.29, 1.82) is 0 Å². The highest BCUT2D eigenvalue weighted by Gasteiger charge is 2.18. The Bertz CT molecular complexity index is 826. The highest BCUT2D eigenvalue weighted by molar-refractivity contribution is 14.1. The predicted octanol–water partition coefficient (Wildman–Crippen LogP) is 4.28. The Hall–Kier alpha value is -1.63. The molecule has 21 heavy (non-hydrogen) atoms. The molecule has 0 fully saturated rings. The normalized spacial score (nSPS) is 12.8. The van der Waals surface area contributed by atoms with Crippen LogP contribution in [0.25, 0.3) is 11.0 Å². The lowest BCUT2D eigenvalue weighted by atomic mass is 10.0. The van der Waals surface area contributed by atoms with Crippen LogP contribution in [0.15, 0.2) is 36.4 Å². The van der Waals surface area contributed by atoms with Gasteiger partial charge in [0, 0.05) is 6.07 Å². The molecule has 1 atom stereocenters. The number of rotatable bonds is 2. The molecule has 3 nitrogen and oxygen atoms in total. The topological polar surface area (TPSA) is 43.8 Å². The summed E-state index contributed by atoms with van der Waals surface area (Å²) in [6.07, 6.45) is 0. The van der Waals surface area contributed by atoms with Gasteiger partial charge in [-0.05, 0) is 53.6 Å². The van der Waals surface area contributed by atoms with E-state index in [9.17, 15) is 4.39 Å². The molecule has 0 amide bonds. The molecule has 5 heteroatoms. The quantitative estimate of drug-likeness (QED) is 0.659. The molecule has 0 saturated heterocycles. The van der Waals surface area contributed by atoms with E-state index >= 15 is 0 Å². The van der Waals surface area contributed by atoms with E-state index in [2.05, 4.69) is 31.0 Å². The van der Waals surface area contributed by atoms with Crippen molar-refractivity contribution in [3.05, 3.63) is 56.9 Å². The number of hydrogen-bond donors (Lipinski definition) is 1. The Morgan fingerprint density at radius 2 is 2.00 bits per heavy atom. The van der Waals surface area contributed by atoms with Crippen LogP contribution in [-0.4, -0.2) is 9.55 Å². The lowest BCUT2D eigenvalue weighted by Crippen LogP contribution is -2.11. The van der Waals surface area contributed by atoms with E-state index in [0.717, 1.165) is 16.6 Å². The number of anilines is 1. The molecule has 0 saturated carbocycles. The molecule has 0 radical (unpaired) electrons. The van der Waals surface area contributed by atoms with Crippen LogP contribution in [0.2, 0.25) is 0 Å². The van der Waals surface area contributed by atoms with Crippen molar-refractivity contribution in [3.63, 3.8) is 0 Å². The second-order valence-electron chi connectivity index (χ2n) is 5.13. The van der Waals surface area contributed by atoms with Crippen molar-refractivity contribution in [2.24, 2.45) is 0 Å². The predicted molar refractivity (Wildman–Crippen MR) is 91.8 cm³/mol. The first kappa shape index (κ1) is 14.3. The van der Waals surface area contributed by atoms with Crippen LogP contribution in [-0.2, 0) is 0 Å². The molecule has 2 N–H and O–H groups in total. The van der Waals surface area contributed by atoms with Gasteiger partial charge in [-0.1, -0.05) is 24.3 Å². The van der Waals surface area contributed by atoms with Gasteiger partial charge in [-0.15, -0.1) is 0 Å². The molecule has 2 aromatic carbocycles. The summed E-state index contributed by atoms with van der Waals surface area (Å²) in [5.41, 5.74) is 9.85. The summed E-state index contributed by atoms with van der Waals surface area (Å²) in [6.45, 7) is 4.11. The van der Waals surface area contributed by atoms with Crippen LogP contribution >= 0.6 is 22.6 Å². The molecule has 108 valence electrons. The highest BCUT2D eigenvalue weighted by Crippen LogP contribution is 2.30. The summed E-state index contributed by atoms with van der Waals surface area (Å²) in [6, 6.07) is 11.4. The molecular formula is C16H15FIN3. The summed E-state index contributed by atoms with van der Waals surface area (Å²) >= 11 is 1.96. The van der Waals surface area contributed by atoms with E-state index in [1.54, 1.807) is 6.07 Å². The lowest BCUT2D eigenvalue weighted by molar-refractivity contribution is 0.618. The van der Waals surface area contributed by atoms with E-state index in [1.807, 2.05) is 39.3 Å². The third kappa shape index (κ3) is 2.39. The number of nitrogen functional groups attached to an aromatic ring is 1. The van der Waals surface area contributed by atoms with E-state index in [1.165, 1.54) is 11.6 Å². The molecule has 0 aliphatic heterocycles. The molecule has 3 aromatic rings. The van der Waals surface area contributed by atoms with Crippen LogP contribution in [0, 0.1) is 16.3 Å². The average molecular weight is 395 g/mol. The minimum atomic E-state index is -0.249. The standard InChI is InChI=1S/C16H15FIN3/c1-9-5-3-4-6-11(9)10(2)21-15-7-12(17)13(18)8-14(15)20-16(21)19/h3-8,10H,1-2H3,(H2,19,20). The fourth-order valence-corrected chi connectivity index (χ4v) is 3.16. The van der Waals surface area contributed by atoms with Gasteiger partial charge in [0.1, 0.15) is 5.82 Å². The fourth-order valence-electron chi connectivity index (χ4n) is 2.71. The van der Waals surface area contributed by atoms with Gasteiger partial charge in [0.2, 0.25) is 5.95 Å². The van der Waals surface area contributed by atoms with Crippen LogP contribution in [0.5, 0.6) is 0 Å². The molecule has 1 heterocycles. The van der Waals surface area contributed by atoms with E-state index in [4.69, 9.17) is 5.73 Å². The van der Waals surface area contributed by atoms with Crippen LogP contribution in [0.4, 0.5) is 10.3 Å². The van der Waals surface area contributed by atoms with Gasteiger partial charge < -0.3 is 10.3 Å². The van der Waals surface area contributed by atoms with Crippen molar-refractivity contribution in [2.45, 2.75) is 19.9 Å². The maximum absolute atomic E-state index is 13.9. The Morgan fingerprint density at radius 1 is 1.29 bits per heavy atom. The Labute approximate surface area is 136 Å². The second-order valence-corrected chi connectivity index (χ2v) is 6.29. The fraction of sp³-hybridized carbons (Fsp3) is 0.188. The van der Waals surface area contributed by atoms with Crippen molar-refractivity contribution in [2.75, 3.05) is 5.73 Å². The van der Waals surface area contributed by atoms with Gasteiger partial charge in [-0.2, -0.15) is 0 Å². The Morgan fingerprint density at radius 3 is 2.71 bits per heavy atom. The number of fused-ring (bicyclic) bond motifs is 1. The smallest absolute Gasteiger partial charge is 0.201 e. The van der Waals surface area contributed by atoms with Crippen LogP contribution in [0.3, 0.4) is 0 Å². The maximum Gasteiger partial charge on any atom is 0.201 e. The zero-order valence-corrected chi connectivity index (χ0v) is 13.9. The van der Waals surface area contributed by atoms with Gasteiger partial charge in [0.05, 0.1) is 20.6 Å². The first-order chi connectivity index (χ1) is 9.99. The van der Waals surface area contributed by atoms with Crippen molar-refractivity contribution in [1.82, 2.24) is 9.55 Å². The zero-order chi connectivity index (χ0) is 15.1. The number of halogens is 2. The van der Waals surface area contributed by atoms with E-state index in [-0.39, 0.29) is 11.9 Å². The van der Waals surface area contributed by atoms with Crippen LogP contribution < -0.4 is 5.73 Å². The minimum Gasteiger partial charge on any atom is -0.369 e. The first-order valence-corrected chi connectivity index (χ1v) is 7.75.